The Morgan fingerprint density at radius 1 is 1.21 bits per heavy atom. The van der Waals surface area contributed by atoms with Gasteiger partial charge in [0.05, 0.1) is 26.4 Å². The Morgan fingerprint density at radius 2 is 1.79 bits per heavy atom. The van der Waals surface area contributed by atoms with E-state index in [1.165, 1.54) is 7.11 Å². The summed E-state index contributed by atoms with van der Waals surface area (Å²) in [5.74, 6) is 0.676. The van der Waals surface area contributed by atoms with E-state index >= 15 is 0 Å². The van der Waals surface area contributed by atoms with Gasteiger partial charge in [-0.15, -0.1) is 0 Å². The number of hydrogen-bond donors (Lipinski definition) is 1. The quantitative estimate of drug-likeness (QED) is 0.804. The molecule has 1 aromatic rings. The number of hydrogen-bond acceptors (Lipinski definition) is 4. The number of aryl methyl sites for hydroxylation is 1. The molecule has 0 radical (unpaired) electrons. The van der Waals surface area contributed by atoms with Gasteiger partial charge < -0.3 is 14.6 Å². The molecule has 0 fully saturated rings. The number of aliphatic hydroxyl groups is 1. The average molecular weight is 266 g/mol. The number of Topliss-reactive ketones (excluding diaryl/α,β-unsaturated/α-hetero) is 1. The predicted octanol–water partition coefficient (Wildman–Crippen LogP) is 2.46. The summed E-state index contributed by atoms with van der Waals surface area (Å²) in [6, 6.07) is 3.46. The number of benzene rings is 1. The van der Waals surface area contributed by atoms with E-state index < -0.39 is 5.92 Å². The van der Waals surface area contributed by atoms with E-state index in [1.54, 1.807) is 19.2 Å². The Kier molecular flexibility index (Phi) is 5.36. The van der Waals surface area contributed by atoms with Crippen LogP contribution in [0.5, 0.6) is 11.5 Å². The number of rotatable bonds is 6. The lowest BCUT2D eigenvalue weighted by molar-refractivity contribution is 0.0803. The number of ketones is 1. The summed E-state index contributed by atoms with van der Waals surface area (Å²) < 4.78 is 10.5. The third-order valence-electron chi connectivity index (χ3n) is 3.32. The van der Waals surface area contributed by atoms with Gasteiger partial charge in [-0.05, 0) is 30.5 Å². The van der Waals surface area contributed by atoms with Crippen molar-refractivity contribution in [1.29, 1.82) is 0 Å². The van der Waals surface area contributed by atoms with Gasteiger partial charge in [-0.3, -0.25) is 4.79 Å². The van der Waals surface area contributed by atoms with Gasteiger partial charge in [0.25, 0.3) is 0 Å². The Balaban J connectivity index is 3.27. The largest absolute Gasteiger partial charge is 0.496 e. The molecule has 1 aromatic carbocycles. The maximum atomic E-state index is 12.5. The Bertz CT molecular complexity index is 452. The van der Waals surface area contributed by atoms with Crippen molar-refractivity contribution in [3.05, 3.63) is 23.3 Å². The Labute approximate surface area is 114 Å². The van der Waals surface area contributed by atoms with Crippen molar-refractivity contribution in [3.63, 3.8) is 0 Å². The van der Waals surface area contributed by atoms with Crippen molar-refractivity contribution in [2.24, 2.45) is 11.8 Å². The van der Waals surface area contributed by atoms with Crippen molar-refractivity contribution in [1.82, 2.24) is 0 Å². The second-order valence-electron chi connectivity index (χ2n) is 4.92. The zero-order chi connectivity index (χ0) is 14.6. The van der Waals surface area contributed by atoms with Gasteiger partial charge in [-0.2, -0.15) is 0 Å². The first kappa shape index (κ1) is 15.5. The third-order valence-corrected chi connectivity index (χ3v) is 3.32. The topological polar surface area (TPSA) is 55.8 Å². The molecule has 0 aliphatic rings. The van der Waals surface area contributed by atoms with Gasteiger partial charge in [0.15, 0.2) is 5.78 Å². The summed E-state index contributed by atoms with van der Waals surface area (Å²) >= 11 is 0. The van der Waals surface area contributed by atoms with E-state index in [0.29, 0.717) is 17.1 Å². The van der Waals surface area contributed by atoms with Crippen LogP contribution in [0, 0.1) is 18.8 Å². The average Bonchev–Trinajstić information content (AvgIpc) is 2.38. The highest BCUT2D eigenvalue weighted by Gasteiger charge is 2.26. The van der Waals surface area contributed by atoms with Gasteiger partial charge in [0.2, 0.25) is 0 Å². The van der Waals surface area contributed by atoms with Gasteiger partial charge in [0.1, 0.15) is 11.5 Å². The van der Waals surface area contributed by atoms with Crippen LogP contribution in [0.1, 0.15) is 29.8 Å². The van der Waals surface area contributed by atoms with E-state index in [1.807, 2.05) is 20.8 Å². The molecule has 0 saturated carbocycles. The molecule has 0 aliphatic carbocycles. The van der Waals surface area contributed by atoms with Crippen molar-refractivity contribution >= 4 is 5.78 Å². The fourth-order valence-electron chi connectivity index (χ4n) is 2.04. The molecule has 0 bridgehead atoms. The first-order chi connectivity index (χ1) is 8.96. The number of ether oxygens (including phenoxy) is 2. The van der Waals surface area contributed by atoms with Crippen LogP contribution in [0.15, 0.2) is 12.1 Å². The van der Waals surface area contributed by atoms with Crippen LogP contribution < -0.4 is 9.47 Å². The number of carbonyl (C=O) groups is 1. The summed E-state index contributed by atoms with van der Waals surface area (Å²) in [7, 11) is 3.09. The molecule has 4 nitrogen and oxygen atoms in total. The summed E-state index contributed by atoms with van der Waals surface area (Å²) in [5, 5.41) is 9.38. The minimum atomic E-state index is -0.429. The summed E-state index contributed by atoms with van der Waals surface area (Å²) in [4.78, 5) is 12.5. The molecular weight excluding hydrogens is 244 g/mol. The lowest BCUT2D eigenvalue weighted by Crippen LogP contribution is -2.24. The smallest absolute Gasteiger partial charge is 0.172 e. The second kappa shape index (κ2) is 6.57. The minimum Gasteiger partial charge on any atom is -0.496 e. The van der Waals surface area contributed by atoms with Crippen LogP contribution >= 0.6 is 0 Å². The molecule has 0 aromatic heterocycles. The van der Waals surface area contributed by atoms with Crippen LogP contribution in [0.4, 0.5) is 0 Å². The standard InChI is InChI=1S/C15H22O4/c1-9(2)12(8-16)15(17)11-7-13(18-4)10(3)6-14(11)19-5/h6-7,9,12,16H,8H2,1-5H3. The monoisotopic (exact) mass is 266 g/mol. The third kappa shape index (κ3) is 3.26. The van der Waals surface area contributed by atoms with E-state index in [4.69, 9.17) is 9.47 Å². The van der Waals surface area contributed by atoms with Crippen LogP contribution in [0.2, 0.25) is 0 Å². The SMILES string of the molecule is COc1cc(C(=O)C(CO)C(C)C)c(OC)cc1C. The number of carbonyl (C=O) groups excluding carboxylic acids is 1. The zero-order valence-corrected chi connectivity index (χ0v) is 12.2. The molecule has 0 heterocycles. The van der Waals surface area contributed by atoms with E-state index in [0.717, 1.165) is 5.56 Å². The van der Waals surface area contributed by atoms with E-state index in [-0.39, 0.29) is 18.3 Å². The lowest BCUT2D eigenvalue weighted by atomic mass is 9.88. The summed E-state index contributed by atoms with van der Waals surface area (Å²) in [6.45, 7) is 5.55. The first-order valence-corrected chi connectivity index (χ1v) is 6.33. The molecule has 1 N–H and O–H groups in total. The molecule has 0 saturated heterocycles. The van der Waals surface area contributed by atoms with Crippen molar-refractivity contribution in [3.8, 4) is 11.5 Å². The minimum absolute atomic E-state index is 0.0644. The maximum absolute atomic E-state index is 12.5. The highest BCUT2D eigenvalue weighted by molar-refractivity contribution is 6.01. The van der Waals surface area contributed by atoms with Crippen molar-refractivity contribution < 1.29 is 19.4 Å². The fraction of sp³-hybridized carbons (Fsp3) is 0.533. The van der Waals surface area contributed by atoms with Gasteiger partial charge in [-0.1, -0.05) is 13.8 Å². The molecule has 1 rings (SSSR count). The second-order valence-corrected chi connectivity index (χ2v) is 4.92. The van der Waals surface area contributed by atoms with Crippen LogP contribution in [-0.4, -0.2) is 31.7 Å². The number of methoxy groups -OCH3 is 2. The summed E-state index contributed by atoms with van der Waals surface area (Å²) in [6.07, 6.45) is 0. The fourth-order valence-corrected chi connectivity index (χ4v) is 2.04. The van der Waals surface area contributed by atoms with E-state index in [2.05, 4.69) is 0 Å². The Morgan fingerprint density at radius 3 is 2.21 bits per heavy atom. The highest BCUT2D eigenvalue weighted by atomic mass is 16.5. The molecule has 19 heavy (non-hydrogen) atoms. The zero-order valence-electron chi connectivity index (χ0n) is 12.2. The van der Waals surface area contributed by atoms with Gasteiger partial charge >= 0.3 is 0 Å². The lowest BCUT2D eigenvalue weighted by Gasteiger charge is -2.19. The van der Waals surface area contributed by atoms with Crippen molar-refractivity contribution in [2.75, 3.05) is 20.8 Å². The number of aliphatic hydroxyl groups excluding tert-OH is 1. The van der Waals surface area contributed by atoms with Gasteiger partial charge in [0, 0.05) is 5.92 Å². The molecule has 0 spiro atoms. The van der Waals surface area contributed by atoms with Crippen LogP contribution in [0.25, 0.3) is 0 Å². The molecule has 0 aliphatic heterocycles. The molecule has 1 unspecified atom stereocenters. The molecule has 0 amide bonds. The van der Waals surface area contributed by atoms with Crippen molar-refractivity contribution in [2.45, 2.75) is 20.8 Å². The molecule has 4 heteroatoms. The Hall–Kier alpha value is -1.55. The van der Waals surface area contributed by atoms with Crippen LogP contribution in [-0.2, 0) is 0 Å². The van der Waals surface area contributed by atoms with E-state index in [9.17, 15) is 9.90 Å². The van der Waals surface area contributed by atoms with Crippen LogP contribution in [0.3, 0.4) is 0 Å². The molecule has 106 valence electrons. The molecular formula is C15H22O4. The maximum Gasteiger partial charge on any atom is 0.172 e. The summed E-state index contributed by atoms with van der Waals surface area (Å²) in [5.41, 5.74) is 1.36. The first-order valence-electron chi connectivity index (χ1n) is 6.33. The van der Waals surface area contributed by atoms with Gasteiger partial charge in [-0.25, -0.2) is 0 Å². The molecule has 1 atom stereocenters. The normalized spacial score (nSPS) is 12.4. The highest BCUT2D eigenvalue weighted by Crippen LogP contribution is 2.31. The predicted molar refractivity (Wildman–Crippen MR) is 74.0 cm³/mol.